The molecule has 0 aliphatic heterocycles. The number of guanidine groups is 2. The molecule has 1 aromatic carbocycles. The Morgan fingerprint density at radius 2 is 1.52 bits per heavy atom. The molecule has 0 spiro atoms. The first kappa shape index (κ1) is 18.8. The molecule has 0 radical (unpaired) electrons. The standard InChI is InChI=1S/C17H29N5O/c1-2-3-4-5-6-7-8-13-23-15-11-9-14(10-12-15)21-17(20)22-16(18)19/h9-12H,2-8,13H2,1H3,(H6,18,19,20,21,22). The second-order valence-corrected chi connectivity index (χ2v) is 5.47. The van der Waals surface area contributed by atoms with E-state index in [-0.39, 0.29) is 11.9 Å². The van der Waals surface area contributed by atoms with Crippen LogP contribution in [-0.2, 0) is 0 Å². The number of unbranched alkanes of at least 4 members (excludes halogenated alkanes) is 6. The third kappa shape index (κ3) is 9.39. The molecule has 6 heteroatoms. The summed E-state index contributed by atoms with van der Waals surface area (Å²) in [6.45, 7) is 2.98. The summed E-state index contributed by atoms with van der Waals surface area (Å²) in [4.78, 5) is 7.74. The molecule has 6 nitrogen and oxygen atoms in total. The minimum Gasteiger partial charge on any atom is -0.494 e. The molecule has 6 N–H and O–H groups in total. The SMILES string of the molecule is CCCCCCCCCOc1ccc(N=C(N)N=C(N)N)cc1. The minimum absolute atomic E-state index is 0.0294. The zero-order chi connectivity index (χ0) is 16.9. The van der Waals surface area contributed by atoms with Crippen molar-refractivity contribution in [3.05, 3.63) is 24.3 Å². The van der Waals surface area contributed by atoms with Gasteiger partial charge >= 0.3 is 0 Å². The molecule has 0 saturated heterocycles. The first-order valence-corrected chi connectivity index (χ1v) is 8.28. The van der Waals surface area contributed by atoms with Crippen LogP contribution in [-0.4, -0.2) is 18.5 Å². The largest absolute Gasteiger partial charge is 0.494 e. The van der Waals surface area contributed by atoms with Crippen LogP contribution in [0.5, 0.6) is 5.75 Å². The molecule has 0 bridgehead atoms. The van der Waals surface area contributed by atoms with Crippen molar-refractivity contribution in [1.29, 1.82) is 0 Å². The van der Waals surface area contributed by atoms with Crippen LogP contribution in [0.1, 0.15) is 51.9 Å². The summed E-state index contributed by atoms with van der Waals surface area (Å²) in [5.41, 5.74) is 16.7. The van der Waals surface area contributed by atoms with Crippen molar-refractivity contribution in [3.8, 4) is 5.75 Å². The van der Waals surface area contributed by atoms with Gasteiger partial charge in [-0.3, -0.25) is 0 Å². The highest BCUT2D eigenvalue weighted by Crippen LogP contribution is 2.18. The summed E-state index contributed by atoms with van der Waals surface area (Å²) < 4.78 is 5.71. The number of hydrogen-bond acceptors (Lipinski definition) is 2. The molecular formula is C17H29N5O. The maximum atomic E-state index is 5.71. The Bertz CT molecular complexity index is 492. The highest BCUT2D eigenvalue weighted by atomic mass is 16.5. The summed E-state index contributed by atoms with van der Waals surface area (Å²) in [7, 11) is 0. The van der Waals surface area contributed by atoms with Crippen LogP contribution in [0, 0.1) is 0 Å². The second-order valence-electron chi connectivity index (χ2n) is 5.47. The first-order valence-electron chi connectivity index (χ1n) is 8.28. The van der Waals surface area contributed by atoms with E-state index in [0.29, 0.717) is 5.69 Å². The minimum atomic E-state index is -0.110. The Morgan fingerprint density at radius 1 is 0.913 bits per heavy atom. The van der Waals surface area contributed by atoms with Crippen molar-refractivity contribution < 1.29 is 4.74 Å². The van der Waals surface area contributed by atoms with Gasteiger partial charge in [0.1, 0.15) is 5.75 Å². The van der Waals surface area contributed by atoms with Crippen molar-refractivity contribution in [2.75, 3.05) is 6.61 Å². The topological polar surface area (TPSA) is 112 Å². The zero-order valence-corrected chi connectivity index (χ0v) is 14.0. The van der Waals surface area contributed by atoms with Crippen LogP contribution in [0.25, 0.3) is 0 Å². The Kier molecular flexibility index (Phi) is 9.28. The molecule has 0 amide bonds. The lowest BCUT2D eigenvalue weighted by atomic mass is 10.1. The molecule has 0 aromatic heterocycles. The summed E-state index contributed by atoms with van der Waals surface area (Å²) >= 11 is 0. The van der Waals surface area contributed by atoms with Crippen LogP contribution in [0.2, 0.25) is 0 Å². The number of ether oxygens (including phenoxy) is 1. The van der Waals surface area contributed by atoms with E-state index in [9.17, 15) is 0 Å². The predicted octanol–water partition coefficient (Wildman–Crippen LogP) is 3.04. The van der Waals surface area contributed by atoms with Crippen LogP contribution in [0.15, 0.2) is 34.3 Å². The molecule has 0 heterocycles. The first-order chi connectivity index (χ1) is 11.1. The summed E-state index contributed by atoms with van der Waals surface area (Å²) in [5, 5.41) is 0. The number of nitrogens with zero attached hydrogens (tertiary/aromatic N) is 2. The number of benzene rings is 1. The normalized spacial score (nSPS) is 11.3. The van der Waals surface area contributed by atoms with E-state index in [1.165, 1.54) is 38.5 Å². The lowest BCUT2D eigenvalue weighted by Gasteiger charge is -2.06. The Hall–Kier alpha value is -2.24. The van der Waals surface area contributed by atoms with Crippen molar-refractivity contribution in [3.63, 3.8) is 0 Å². The highest BCUT2D eigenvalue weighted by Gasteiger charge is 1.97. The monoisotopic (exact) mass is 319 g/mol. The van der Waals surface area contributed by atoms with E-state index < -0.39 is 0 Å². The fraction of sp³-hybridized carbons (Fsp3) is 0.529. The van der Waals surface area contributed by atoms with Gasteiger partial charge in [-0.05, 0) is 30.7 Å². The quantitative estimate of drug-likeness (QED) is 0.349. The van der Waals surface area contributed by atoms with E-state index in [1.54, 1.807) is 0 Å². The maximum absolute atomic E-state index is 5.71. The van der Waals surface area contributed by atoms with E-state index in [0.717, 1.165) is 18.8 Å². The Labute approximate surface area is 138 Å². The molecular weight excluding hydrogens is 290 g/mol. The van der Waals surface area contributed by atoms with Crippen molar-refractivity contribution in [2.45, 2.75) is 51.9 Å². The van der Waals surface area contributed by atoms with Gasteiger partial charge in [0, 0.05) is 0 Å². The molecule has 128 valence electrons. The second kappa shape index (κ2) is 11.3. The average molecular weight is 319 g/mol. The van der Waals surface area contributed by atoms with Gasteiger partial charge in [-0.25, -0.2) is 4.99 Å². The highest BCUT2D eigenvalue weighted by molar-refractivity contribution is 5.93. The number of nitrogens with two attached hydrogens (primary N) is 3. The predicted molar refractivity (Wildman–Crippen MR) is 97.0 cm³/mol. The van der Waals surface area contributed by atoms with E-state index in [2.05, 4.69) is 16.9 Å². The van der Waals surface area contributed by atoms with Crippen LogP contribution < -0.4 is 21.9 Å². The van der Waals surface area contributed by atoms with E-state index in [1.807, 2.05) is 24.3 Å². The Balaban J connectivity index is 2.25. The zero-order valence-electron chi connectivity index (χ0n) is 14.0. The molecule has 0 saturated carbocycles. The maximum Gasteiger partial charge on any atom is 0.223 e. The summed E-state index contributed by atoms with van der Waals surface area (Å²) in [5.74, 6) is 0.748. The van der Waals surface area contributed by atoms with Gasteiger partial charge < -0.3 is 21.9 Å². The van der Waals surface area contributed by atoms with Crippen molar-refractivity contribution in [1.82, 2.24) is 0 Å². The number of aliphatic imine (C=N–C) groups is 2. The summed E-state index contributed by atoms with van der Waals surface area (Å²) in [6.07, 6.45) is 8.92. The third-order valence-electron chi connectivity index (χ3n) is 3.34. The lowest BCUT2D eigenvalue weighted by molar-refractivity contribution is 0.304. The van der Waals surface area contributed by atoms with Gasteiger partial charge in [0.2, 0.25) is 5.96 Å². The van der Waals surface area contributed by atoms with Gasteiger partial charge in [0.25, 0.3) is 0 Å². The van der Waals surface area contributed by atoms with Gasteiger partial charge in [-0.15, -0.1) is 0 Å². The lowest BCUT2D eigenvalue weighted by Crippen LogP contribution is -2.26. The number of hydrogen-bond donors (Lipinski definition) is 3. The molecule has 0 aliphatic carbocycles. The van der Waals surface area contributed by atoms with Gasteiger partial charge in [0.15, 0.2) is 5.96 Å². The molecule has 0 aliphatic rings. The number of rotatable bonds is 10. The van der Waals surface area contributed by atoms with Gasteiger partial charge in [-0.1, -0.05) is 45.4 Å². The summed E-state index contributed by atoms with van der Waals surface area (Å²) in [6, 6.07) is 7.36. The smallest absolute Gasteiger partial charge is 0.223 e. The van der Waals surface area contributed by atoms with E-state index in [4.69, 9.17) is 21.9 Å². The fourth-order valence-corrected chi connectivity index (χ4v) is 2.16. The van der Waals surface area contributed by atoms with Crippen LogP contribution >= 0.6 is 0 Å². The molecule has 0 fully saturated rings. The van der Waals surface area contributed by atoms with E-state index >= 15 is 0 Å². The average Bonchev–Trinajstić information content (AvgIpc) is 2.50. The van der Waals surface area contributed by atoms with Gasteiger partial charge in [0.05, 0.1) is 12.3 Å². The molecule has 23 heavy (non-hydrogen) atoms. The molecule has 0 unspecified atom stereocenters. The van der Waals surface area contributed by atoms with Crippen molar-refractivity contribution in [2.24, 2.45) is 27.2 Å². The molecule has 1 aromatic rings. The Morgan fingerprint density at radius 3 is 2.13 bits per heavy atom. The van der Waals surface area contributed by atoms with Crippen molar-refractivity contribution >= 4 is 17.6 Å². The van der Waals surface area contributed by atoms with Crippen LogP contribution in [0.3, 0.4) is 0 Å². The molecule has 0 atom stereocenters. The third-order valence-corrected chi connectivity index (χ3v) is 3.34. The molecule has 1 rings (SSSR count). The van der Waals surface area contributed by atoms with Crippen LogP contribution in [0.4, 0.5) is 5.69 Å². The van der Waals surface area contributed by atoms with Gasteiger partial charge in [-0.2, -0.15) is 4.99 Å². The fourth-order valence-electron chi connectivity index (χ4n) is 2.16.